The second kappa shape index (κ2) is 6.67. The molecule has 0 aromatic heterocycles. The standard InChI is InChI=1S/C16H24N2O2.ClH/c1-5-20-14-10-13(16(14,2)3)18(4)15(19)11-7-6-8-12(17)9-11;/h6-9,13-14H,5,10,17H2,1-4H3;1H. The largest absolute Gasteiger partial charge is 0.399 e. The molecule has 2 unspecified atom stereocenters. The normalized spacial score (nSPS) is 22.9. The molecule has 1 amide bonds. The molecule has 1 aromatic carbocycles. The van der Waals surface area contributed by atoms with Crippen molar-refractivity contribution >= 4 is 24.0 Å². The maximum Gasteiger partial charge on any atom is 0.253 e. The fourth-order valence-electron chi connectivity index (χ4n) is 3.02. The Bertz CT molecular complexity index is 505. The molecule has 1 aliphatic rings. The van der Waals surface area contributed by atoms with E-state index in [-0.39, 0.29) is 35.9 Å². The smallest absolute Gasteiger partial charge is 0.253 e. The zero-order valence-corrected chi connectivity index (χ0v) is 13.9. The van der Waals surface area contributed by atoms with E-state index in [1.165, 1.54) is 0 Å². The number of anilines is 1. The summed E-state index contributed by atoms with van der Waals surface area (Å²) in [5.41, 5.74) is 6.99. The van der Waals surface area contributed by atoms with Gasteiger partial charge in [0.05, 0.1) is 6.10 Å². The highest BCUT2D eigenvalue weighted by molar-refractivity contribution is 5.95. The van der Waals surface area contributed by atoms with Crippen LogP contribution in [0.5, 0.6) is 0 Å². The van der Waals surface area contributed by atoms with Gasteiger partial charge in [0.25, 0.3) is 5.91 Å². The van der Waals surface area contributed by atoms with Crippen molar-refractivity contribution in [1.82, 2.24) is 4.90 Å². The van der Waals surface area contributed by atoms with Crippen LogP contribution in [-0.2, 0) is 4.74 Å². The predicted molar refractivity (Wildman–Crippen MR) is 87.8 cm³/mol. The van der Waals surface area contributed by atoms with E-state index in [1.54, 1.807) is 18.2 Å². The van der Waals surface area contributed by atoms with E-state index >= 15 is 0 Å². The van der Waals surface area contributed by atoms with E-state index in [1.807, 2.05) is 24.9 Å². The van der Waals surface area contributed by atoms with E-state index in [4.69, 9.17) is 10.5 Å². The van der Waals surface area contributed by atoms with Gasteiger partial charge >= 0.3 is 0 Å². The first kappa shape index (κ1) is 17.8. The highest BCUT2D eigenvalue weighted by Crippen LogP contribution is 2.45. The summed E-state index contributed by atoms with van der Waals surface area (Å²) in [6, 6.07) is 7.33. The summed E-state index contributed by atoms with van der Waals surface area (Å²) in [5, 5.41) is 0. The molecule has 1 saturated carbocycles. The minimum Gasteiger partial charge on any atom is -0.399 e. The maximum atomic E-state index is 12.5. The molecule has 0 heterocycles. The van der Waals surface area contributed by atoms with Gasteiger partial charge in [0, 0.05) is 36.4 Å². The number of ether oxygens (including phenoxy) is 1. The van der Waals surface area contributed by atoms with E-state index in [0.717, 1.165) is 6.42 Å². The third-order valence-electron chi connectivity index (χ3n) is 4.42. The molecule has 4 nitrogen and oxygen atoms in total. The lowest BCUT2D eigenvalue weighted by Gasteiger charge is -2.54. The van der Waals surface area contributed by atoms with Crippen LogP contribution in [0.1, 0.15) is 37.6 Å². The minimum absolute atomic E-state index is 0. The van der Waals surface area contributed by atoms with Crippen molar-refractivity contribution in [3.8, 4) is 0 Å². The Morgan fingerprint density at radius 1 is 1.48 bits per heavy atom. The average Bonchev–Trinajstić information content (AvgIpc) is 2.41. The number of halogens is 1. The summed E-state index contributed by atoms with van der Waals surface area (Å²) in [5.74, 6) is 0.0188. The van der Waals surface area contributed by atoms with Crippen LogP contribution in [0.3, 0.4) is 0 Å². The van der Waals surface area contributed by atoms with Gasteiger partial charge in [0.2, 0.25) is 0 Å². The molecule has 1 aromatic rings. The number of nitrogens with zero attached hydrogens (tertiary/aromatic N) is 1. The molecule has 0 aliphatic heterocycles. The fraction of sp³-hybridized carbons (Fsp3) is 0.562. The summed E-state index contributed by atoms with van der Waals surface area (Å²) >= 11 is 0. The molecule has 0 spiro atoms. The van der Waals surface area contributed by atoms with Crippen molar-refractivity contribution < 1.29 is 9.53 Å². The molecule has 1 aliphatic carbocycles. The highest BCUT2D eigenvalue weighted by atomic mass is 35.5. The Hall–Kier alpha value is -1.26. The Kier molecular flexibility index (Phi) is 5.65. The molecule has 2 atom stereocenters. The van der Waals surface area contributed by atoms with Crippen LogP contribution in [0.25, 0.3) is 0 Å². The van der Waals surface area contributed by atoms with Gasteiger partial charge in [-0.25, -0.2) is 0 Å². The molecule has 0 saturated heterocycles. The molecule has 2 rings (SSSR count). The summed E-state index contributed by atoms with van der Waals surface area (Å²) in [6.07, 6.45) is 1.12. The Morgan fingerprint density at radius 3 is 2.67 bits per heavy atom. The second-order valence-corrected chi connectivity index (χ2v) is 6.06. The van der Waals surface area contributed by atoms with Crippen LogP contribution >= 0.6 is 12.4 Å². The lowest BCUT2D eigenvalue weighted by atomic mass is 9.63. The van der Waals surface area contributed by atoms with Gasteiger partial charge < -0.3 is 15.4 Å². The molecular formula is C16H25ClN2O2. The zero-order chi connectivity index (χ0) is 14.9. The topological polar surface area (TPSA) is 55.6 Å². The SMILES string of the molecule is CCOC1CC(N(C)C(=O)c2cccc(N)c2)C1(C)C.Cl. The number of amides is 1. The molecule has 0 bridgehead atoms. The number of carbonyl (C=O) groups excluding carboxylic acids is 1. The van der Waals surface area contributed by atoms with E-state index < -0.39 is 0 Å². The third kappa shape index (κ3) is 3.33. The van der Waals surface area contributed by atoms with Gasteiger partial charge in [-0.3, -0.25) is 4.79 Å². The summed E-state index contributed by atoms with van der Waals surface area (Å²) in [6.45, 7) is 7.04. The monoisotopic (exact) mass is 312 g/mol. The summed E-state index contributed by atoms with van der Waals surface area (Å²) < 4.78 is 5.72. The zero-order valence-electron chi connectivity index (χ0n) is 13.1. The number of hydrogen-bond donors (Lipinski definition) is 1. The van der Waals surface area contributed by atoms with Crippen LogP contribution < -0.4 is 5.73 Å². The van der Waals surface area contributed by atoms with Crippen LogP contribution in [0, 0.1) is 5.41 Å². The first-order valence-corrected chi connectivity index (χ1v) is 7.12. The van der Waals surface area contributed by atoms with Crippen molar-refractivity contribution in [2.24, 2.45) is 5.41 Å². The van der Waals surface area contributed by atoms with Gasteiger partial charge in [0.15, 0.2) is 0 Å². The summed E-state index contributed by atoms with van der Waals surface area (Å²) in [7, 11) is 1.86. The molecule has 0 radical (unpaired) electrons. The lowest BCUT2D eigenvalue weighted by molar-refractivity contribution is -0.136. The highest BCUT2D eigenvalue weighted by Gasteiger charge is 2.51. The Balaban J connectivity index is 0.00000220. The first-order chi connectivity index (χ1) is 9.37. The van der Waals surface area contributed by atoms with Crippen LogP contribution in [0.15, 0.2) is 24.3 Å². The Labute approximate surface area is 133 Å². The van der Waals surface area contributed by atoms with E-state index in [2.05, 4.69) is 13.8 Å². The van der Waals surface area contributed by atoms with E-state index in [0.29, 0.717) is 17.9 Å². The maximum absolute atomic E-state index is 12.5. The third-order valence-corrected chi connectivity index (χ3v) is 4.42. The number of rotatable bonds is 4. The van der Waals surface area contributed by atoms with Crippen molar-refractivity contribution in [3.63, 3.8) is 0 Å². The predicted octanol–water partition coefficient (Wildman–Crippen LogP) is 2.97. The van der Waals surface area contributed by atoms with Crippen molar-refractivity contribution in [2.75, 3.05) is 19.4 Å². The van der Waals surface area contributed by atoms with Gasteiger partial charge in [0.1, 0.15) is 0 Å². The summed E-state index contributed by atoms with van der Waals surface area (Å²) in [4.78, 5) is 14.3. The molecular weight excluding hydrogens is 288 g/mol. The number of hydrogen-bond acceptors (Lipinski definition) is 3. The number of nitrogens with two attached hydrogens (primary N) is 1. The fourth-order valence-corrected chi connectivity index (χ4v) is 3.02. The van der Waals surface area contributed by atoms with E-state index in [9.17, 15) is 4.79 Å². The van der Waals surface area contributed by atoms with Gasteiger partial charge in [-0.1, -0.05) is 19.9 Å². The average molecular weight is 313 g/mol. The van der Waals surface area contributed by atoms with Crippen LogP contribution in [0.4, 0.5) is 5.69 Å². The number of benzene rings is 1. The number of carbonyl (C=O) groups is 1. The van der Waals surface area contributed by atoms with Gasteiger partial charge in [-0.15, -0.1) is 12.4 Å². The quantitative estimate of drug-likeness (QED) is 0.870. The second-order valence-electron chi connectivity index (χ2n) is 6.06. The lowest BCUT2D eigenvalue weighted by Crippen LogP contribution is -2.62. The van der Waals surface area contributed by atoms with Gasteiger partial charge in [-0.05, 0) is 31.5 Å². The molecule has 118 valence electrons. The first-order valence-electron chi connectivity index (χ1n) is 7.12. The van der Waals surface area contributed by atoms with Crippen molar-refractivity contribution in [3.05, 3.63) is 29.8 Å². The molecule has 2 N–H and O–H groups in total. The minimum atomic E-state index is -0.0131. The Morgan fingerprint density at radius 2 is 2.14 bits per heavy atom. The van der Waals surface area contributed by atoms with Crippen molar-refractivity contribution in [1.29, 1.82) is 0 Å². The van der Waals surface area contributed by atoms with Crippen LogP contribution in [0.2, 0.25) is 0 Å². The molecule has 21 heavy (non-hydrogen) atoms. The molecule has 5 heteroatoms. The number of nitrogen functional groups attached to an aromatic ring is 1. The molecule has 1 fully saturated rings. The van der Waals surface area contributed by atoms with Gasteiger partial charge in [-0.2, -0.15) is 0 Å². The van der Waals surface area contributed by atoms with Crippen molar-refractivity contribution in [2.45, 2.75) is 39.3 Å². The van der Waals surface area contributed by atoms with Crippen LogP contribution in [-0.4, -0.2) is 36.6 Å².